The van der Waals surface area contributed by atoms with E-state index in [9.17, 15) is 0 Å². The van der Waals surface area contributed by atoms with E-state index in [0.29, 0.717) is 6.54 Å². The van der Waals surface area contributed by atoms with Crippen LogP contribution < -0.4 is 5.73 Å². The molecule has 1 aromatic rings. The van der Waals surface area contributed by atoms with Gasteiger partial charge in [-0.25, -0.2) is 0 Å². The van der Waals surface area contributed by atoms with Crippen molar-refractivity contribution < 1.29 is 0 Å². The zero-order valence-electron chi connectivity index (χ0n) is 11.2. The molecule has 0 aromatic heterocycles. The van der Waals surface area contributed by atoms with Crippen molar-refractivity contribution in [3.05, 3.63) is 35.4 Å². The number of hydrogen-bond acceptors (Lipinski definition) is 2. The van der Waals surface area contributed by atoms with Gasteiger partial charge in [0.25, 0.3) is 0 Å². The normalized spacial score (nSPS) is 20.2. The molecule has 0 radical (unpaired) electrons. The lowest BCUT2D eigenvalue weighted by molar-refractivity contribution is 0.176. The van der Waals surface area contributed by atoms with Crippen molar-refractivity contribution in [1.82, 2.24) is 4.90 Å². The summed E-state index contributed by atoms with van der Waals surface area (Å²) in [5.74, 6) is 6.94. The minimum atomic E-state index is 0.426. The summed E-state index contributed by atoms with van der Waals surface area (Å²) in [6, 6.07) is 8.41. The zero-order valence-corrected chi connectivity index (χ0v) is 11.2. The third-order valence-electron chi connectivity index (χ3n) is 3.48. The Morgan fingerprint density at radius 1 is 1.39 bits per heavy atom. The summed E-state index contributed by atoms with van der Waals surface area (Å²) in [6.45, 7) is 6.20. The molecule has 1 heterocycles. The Labute approximate surface area is 110 Å². The minimum absolute atomic E-state index is 0.426. The molecule has 0 aliphatic carbocycles. The Hall–Kier alpha value is -1.30. The van der Waals surface area contributed by atoms with Gasteiger partial charge in [0.05, 0.1) is 6.54 Å². The van der Waals surface area contributed by atoms with E-state index in [1.54, 1.807) is 0 Å². The first kappa shape index (κ1) is 13.1. The molecular weight excluding hydrogens is 220 g/mol. The van der Waals surface area contributed by atoms with Crippen LogP contribution >= 0.6 is 0 Å². The quantitative estimate of drug-likeness (QED) is 0.806. The minimum Gasteiger partial charge on any atom is -0.320 e. The van der Waals surface area contributed by atoms with Crippen LogP contribution in [0.2, 0.25) is 0 Å². The number of hydrogen-bond donors (Lipinski definition) is 1. The Kier molecular flexibility index (Phi) is 4.81. The second-order valence-corrected chi connectivity index (χ2v) is 5.15. The molecule has 1 unspecified atom stereocenters. The van der Waals surface area contributed by atoms with E-state index >= 15 is 0 Å². The number of piperidine rings is 1. The van der Waals surface area contributed by atoms with Gasteiger partial charge in [0, 0.05) is 18.7 Å². The number of rotatable bonds is 2. The van der Waals surface area contributed by atoms with Crippen molar-refractivity contribution in [2.45, 2.75) is 26.3 Å². The van der Waals surface area contributed by atoms with Gasteiger partial charge in [-0.2, -0.15) is 0 Å². The molecule has 1 aromatic carbocycles. The van der Waals surface area contributed by atoms with Crippen molar-refractivity contribution in [2.75, 3.05) is 19.6 Å². The largest absolute Gasteiger partial charge is 0.320 e. The Balaban J connectivity index is 2.08. The second-order valence-electron chi connectivity index (χ2n) is 5.15. The fraction of sp³-hybridized carbons (Fsp3) is 0.500. The molecule has 96 valence electrons. The van der Waals surface area contributed by atoms with Crippen LogP contribution in [0.25, 0.3) is 0 Å². The number of nitrogens with zero attached hydrogens (tertiary/aromatic N) is 1. The predicted octanol–water partition coefficient (Wildman–Crippen LogP) is 2.23. The first-order valence-corrected chi connectivity index (χ1v) is 6.79. The number of likely N-dealkylation sites (tertiary alicyclic amines) is 1. The maximum absolute atomic E-state index is 5.44. The van der Waals surface area contributed by atoms with Crippen molar-refractivity contribution in [3.63, 3.8) is 0 Å². The highest BCUT2D eigenvalue weighted by Gasteiger charge is 2.16. The highest BCUT2D eigenvalue weighted by atomic mass is 15.1. The summed E-state index contributed by atoms with van der Waals surface area (Å²) < 4.78 is 0. The van der Waals surface area contributed by atoms with E-state index in [1.807, 2.05) is 6.07 Å². The molecule has 2 N–H and O–H groups in total. The summed E-state index contributed by atoms with van der Waals surface area (Å²) in [4.78, 5) is 2.54. The first-order chi connectivity index (χ1) is 8.79. The number of benzene rings is 1. The molecule has 1 fully saturated rings. The summed E-state index contributed by atoms with van der Waals surface area (Å²) in [5, 5.41) is 0. The average molecular weight is 242 g/mol. The summed E-state index contributed by atoms with van der Waals surface area (Å²) >= 11 is 0. The van der Waals surface area contributed by atoms with Crippen LogP contribution in [0, 0.1) is 17.8 Å². The molecule has 2 nitrogen and oxygen atoms in total. The standard InChI is InChI=1S/C16H22N2/c1-14-6-5-11-18(12-14)13-16-8-3-2-7-15(16)9-4-10-17/h2-3,7-8,14H,5-6,10-13,17H2,1H3. The summed E-state index contributed by atoms with van der Waals surface area (Å²) in [5.41, 5.74) is 7.90. The third-order valence-corrected chi connectivity index (χ3v) is 3.48. The van der Waals surface area contributed by atoms with Crippen molar-refractivity contribution in [1.29, 1.82) is 0 Å². The molecule has 0 spiro atoms. The first-order valence-electron chi connectivity index (χ1n) is 6.79. The molecule has 1 atom stereocenters. The number of nitrogens with two attached hydrogens (primary N) is 1. The predicted molar refractivity (Wildman–Crippen MR) is 76.0 cm³/mol. The lowest BCUT2D eigenvalue weighted by Crippen LogP contribution is -2.33. The van der Waals surface area contributed by atoms with Gasteiger partial charge in [-0.15, -0.1) is 0 Å². The molecule has 1 saturated heterocycles. The van der Waals surface area contributed by atoms with E-state index in [-0.39, 0.29) is 0 Å². The topological polar surface area (TPSA) is 29.3 Å². The fourth-order valence-corrected chi connectivity index (χ4v) is 2.60. The smallest absolute Gasteiger partial charge is 0.0555 e. The van der Waals surface area contributed by atoms with Crippen molar-refractivity contribution in [3.8, 4) is 11.8 Å². The molecule has 2 rings (SSSR count). The summed E-state index contributed by atoms with van der Waals surface area (Å²) in [6.07, 6.45) is 2.68. The fourth-order valence-electron chi connectivity index (χ4n) is 2.60. The van der Waals surface area contributed by atoms with Gasteiger partial charge >= 0.3 is 0 Å². The maximum atomic E-state index is 5.44. The van der Waals surface area contributed by atoms with E-state index in [0.717, 1.165) is 18.0 Å². The van der Waals surface area contributed by atoms with Gasteiger partial charge in [0.2, 0.25) is 0 Å². The molecule has 1 aliphatic rings. The van der Waals surface area contributed by atoms with Crippen molar-refractivity contribution >= 4 is 0 Å². The highest BCUT2D eigenvalue weighted by Crippen LogP contribution is 2.19. The maximum Gasteiger partial charge on any atom is 0.0555 e. The van der Waals surface area contributed by atoms with Crippen LogP contribution in [-0.4, -0.2) is 24.5 Å². The third kappa shape index (κ3) is 3.60. The SMILES string of the molecule is CC1CCCN(Cc2ccccc2C#CCN)C1. The van der Waals surface area contributed by atoms with Crippen LogP contribution in [-0.2, 0) is 6.54 Å². The zero-order chi connectivity index (χ0) is 12.8. The lowest BCUT2D eigenvalue weighted by atomic mass is 9.99. The molecule has 0 saturated carbocycles. The van der Waals surface area contributed by atoms with Gasteiger partial charge in [-0.05, 0) is 36.9 Å². The van der Waals surface area contributed by atoms with Crippen LogP contribution in [0.15, 0.2) is 24.3 Å². The lowest BCUT2D eigenvalue weighted by Gasteiger charge is -2.31. The second kappa shape index (κ2) is 6.58. The van der Waals surface area contributed by atoms with Gasteiger partial charge in [-0.1, -0.05) is 37.0 Å². The van der Waals surface area contributed by atoms with Gasteiger partial charge < -0.3 is 5.73 Å². The molecular formula is C16H22N2. The monoisotopic (exact) mass is 242 g/mol. The van der Waals surface area contributed by atoms with Gasteiger partial charge in [0.15, 0.2) is 0 Å². The molecule has 18 heavy (non-hydrogen) atoms. The van der Waals surface area contributed by atoms with Gasteiger partial charge in [0.1, 0.15) is 0 Å². The Morgan fingerprint density at radius 2 is 2.22 bits per heavy atom. The van der Waals surface area contributed by atoms with Crippen LogP contribution in [0.3, 0.4) is 0 Å². The Morgan fingerprint density at radius 3 is 3.00 bits per heavy atom. The molecule has 0 amide bonds. The van der Waals surface area contributed by atoms with Crippen LogP contribution in [0.4, 0.5) is 0 Å². The van der Waals surface area contributed by atoms with E-state index in [2.05, 4.69) is 41.9 Å². The van der Waals surface area contributed by atoms with Crippen LogP contribution in [0.5, 0.6) is 0 Å². The highest BCUT2D eigenvalue weighted by molar-refractivity contribution is 5.41. The van der Waals surface area contributed by atoms with Crippen LogP contribution in [0.1, 0.15) is 30.9 Å². The van der Waals surface area contributed by atoms with Crippen molar-refractivity contribution in [2.24, 2.45) is 11.7 Å². The van der Waals surface area contributed by atoms with E-state index < -0.39 is 0 Å². The summed E-state index contributed by atoms with van der Waals surface area (Å²) in [7, 11) is 0. The molecule has 1 aliphatic heterocycles. The molecule has 2 heteroatoms. The van der Waals surface area contributed by atoms with E-state index in [1.165, 1.54) is 31.5 Å². The Bertz CT molecular complexity index is 442. The van der Waals surface area contributed by atoms with Gasteiger partial charge in [-0.3, -0.25) is 4.90 Å². The molecule has 0 bridgehead atoms. The average Bonchev–Trinajstić information content (AvgIpc) is 2.38. The van der Waals surface area contributed by atoms with E-state index in [4.69, 9.17) is 5.73 Å².